The van der Waals surface area contributed by atoms with Crippen LogP contribution in [0, 0.1) is 12.8 Å². The van der Waals surface area contributed by atoms with E-state index in [4.69, 9.17) is 5.73 Å². The molecule has 4 heteroatoms. The van der Waals surface area contributed by atoms with E-state index < -0.39 is 0 Å². The molecule has 0 saturated heterocycles. The van der Waals surface area contributed by atoms with Gasteiger partial charge in [0.15, 0.2) is 0 Å². The third-order valence-corrected chi connectivity index (χ3v) is 3.71. The van der Waals surface area contributed by atoms with Crippen LogP contribution in [0.25, 0.3) is 0 Å². The van der Waals surface area contributed by atoms with E-state index in [2.05, 4.69) is 31.1 Å². The average Bonchev–Trinajstić information content (AvgIpc) is 2.63. The van der Waals surface area contributed by atoms with Crippen molar-refractivity contribution in [3.8, 4) is 0 Å². The molecule has 0 aromatic carbocycles. The maximum Gasteiger partial charge on any atom is 0.107 e. The van der Waals surface area contributed by atoms with Crippen molar-refractivity contribution in [2.45, 2.75) is 52.6 Å². The minimum Gasteiger partial charge on any atom is -0.328 e. The second kappa shape index (κ2) is 7.80. The van der Waals surface area contributed by atoms with E-state index in [0.717, 1.165) is 25.4 Å². The molecule has 2 atom stereocenters. The number of nitrogens with zero attached hydrogens (tertiary/aromatic N) is 1. The van der Waals surface area contributed by atoms with E-state index in [1.54, 1.807) is 11.3 Å². The first-order chi connectivity index (χ1) is 8.08. The minimum atomic E-state index is 0.341. The molecular formula is C13H25N3S. The van der Waals surface area contributed by atoms with Crippen LogP contribution >= 0.6 is 11.3 Å². The monoisotopic (exact) mass is 255 g/mol. The number of aromatic nitrogens is 1. The van der Waals surface area contributed by atoms with Crippen LogP contribution in [0.1, 0.15) is 43.0 Å². The summed E-state index contributed by atoms with van der Waals surface area (Å²) in [5, 5.41) is 4.66. The number of nitrogens with one attached hydrogen (secondary N) is 1. The van der Waals surface area contributed by atoms with E-state index in [1.165, 1.54) is 22.7 Å². The van der Waals surface area contributed by atoms with Gasteiger partial charge in [0, 0.05) is 23.7 Å². The zero-order chi connectivity index (χ0) is 12.7. The van der Waals surface area contributed by atoms with Crippen LogP contribution in [-0.2, 0) is 6.54 Å². The molecule has 0 fully saturated rings. The second-order valence-corrected chi connectivity index (χ2v) is 6.33. The fourth-order valence-electron chi connectivity index (χ4n) is 1.80. The predicted octanol–water partition coefficient (Wildman–Crippen LogP) is 2.69. The van der Waals surface area contributed by atoms with Crippen LogP contribution in [-0.4, -0.2) is 17.6 Å². The molecule has 1 aromatic heterocycles. The molecule has 1 heterocycles. The standard InChI is InChI=1S/C13H25N3S/c1-10(5-4-6-11(2)14)7-15-9-13-16-8-12(3)17-13/h8,10-11,15H,4-7,9,14H2,1-3H3. The molecule has 3 N–H and O–H groups in total. The fraction of sp³-hybridized carbons (Fsp3) is 0.769. The summed E-state index contributed by atoms with van der Waals surface area (Å²) in [6.45, 7) is 8.43. The van der Waals surface area contributed by atoms with Crippen molar-refractivity contribution in [3.05, 3.63) is 16.1 Å². The summed E-state index contributed by atoms with van der Waals surface area (Å²) in [5.74, 6) is 0.717. The number of aryl methyl sites for hydroxylation is 1. The summed E-state index contributed by atoms with van der Waals surface area (Å²) in [5.41, 5.74) is 5.73. The molecule has 2 unspecified atom stereocenters. The zero-order valence-electron chi connectivity index (χ0n) is 11.2. The lowest BCUT2D eigenvalue weighted by atomic mass is 10.0. The molecule has 17 heavy (non-hydrogen) atoms. The summed E-state index contributed by atoms with van der Waals surface area (Å²) >= 11 is 1.77. The molecule has 1 aromatic rings. The molecule has 0 saturated carbocycles. The van der Waals surface area contributed by atoms with E-state index >= 15 is 0 Å². The number of hydrogen-bond donors (Lipinski definition) is 2. The van der Waals surface area contributed by atoms with Crippen molar-refractivity contribution in [2.75, 3.05) is 6.54 Å². The molecule has 0 spiro atoms. The molecule has 0 bridgehead atoms. The van der Waals surface area contributed by atoms with Crippen molar-refractivity contribution in [3.63, 3.8) is 0 Å². The fourth-order valence-corrected chi connectivity index (χ4v) is 2.56. The highest BCUT2D eigenvalue weighted by molar-refractivity contribution is 7.11. The van der Waals surface area contributed by atoms with Crippen molar-refractivity contribution < 1.29 is 0 Å². The van der Waals surface area contributed by atoms with Crippen LogP contribution < -0.4 is 11.1 Å². The topological polar surface area (TPSA) is 50.9 Å². The normalized spacial score (nSPS) is 14.8. The van der Waals surface area contributed by atoms with Gasteiger partial charge in [0.25, 0.3) is 0 Å². The molecule has 0 aliphatic carbocycles. The Labute approximate surface area is 109 Å². The number of hydrogen-bond acceptors (Lipinski definition) is 4. The highest BCUT2D eigenvalue weighted by Crippen LogP contribution is 2.11. The zero-order valence-corrected chi connectivity index (χ0v) is 12.0. The van der Waals surface area contributed by atoms with Crippen LogP contribution in [0.2, 0.25) is 0 Å². The van der Waals surface area contributed by atoms with Crippen molar-refractivity contribution in [1.29, 1.82) is 0 Å². The lowest BCUT2D eigenvalue weighted by Crippen LogP contribution is -2.21. The van der Waals surface area contributed by atoms with E-state index in [-0.39, 0.29) is 0 Å². The summed E-state index contributed by atoms with van der Waals surface area (Å²) in [6, 6.07) is 0.341. The highest BCUT2D eigenvalue weighted by atomic mass is 32.1. The Morgan fingerprint density at radius 1 is 1.41 bits per heavy atom. The maximum absolute atomic E-state index is 5.73. The van der Waals surface area contributed by atoms with E-state index in [1.807, 2.05) is 6.20 Å². The van der Waals surface area contributed by atoms with Crippen LogP contribution in [0.15, 0.2) is 6.20 Å². The van der Waals surface area contributed by atoms with Gasteiger partial charge in [-0.2, -0.15) is 0 Å². The summed E-state index contributed by atoms with van der Waals surface area (Å²) in [4.78, 5) is 5.62. The van der Waals surface area contributed by atoms with Crippen LogP contribution in [0.5, 0.6) is 0 Å². The molecule has 3 nitrogen and oxygen atoms in total. The summed E-state index contributed by atoms with van der Waals surface area (Å²) in [6.07, 6.45) is 5.56. The smallest absolute Gasteiger partial charge is 0.107 e. The summed E-state index contributed by atoms with van der Waals surface area (Å²) in [7, 11) is 0. The lowest BCUT2D eigenvalue weighted by molar-refractivity contribution is 0.448. The number of nitrogens with two attached hydrogens (primary N) is 1. The van der Waals surface area contributed by atoms with Crippen LogP contribution in [0.4, 0.5) is 0 Å². The Bertz CT molecular complexity index is 309. The Balaban J connectivity index is 2.05. The Morgan fingerprint density at radius 3 is 2.76 bits per heavy atom. The van der Waals surface area contributed by atoms with Crippen LogP contribution in [0.3, 0.4) is 0 Å². The molecular weight excluding hydrogens is 230 g/mol. The van der Waals surface area contributed by atoms with Gasteiger partial charge < -0.3 is 11.1 Å². The van der Waals surface area contributed by atoms with Crippen molar-refractivity contribution in [2.24, 2.45) is 11.7 Å². The molecule has 1 rings (SSSR count). The molecule has 0 radical (unpaired) electrons. The lowest BCUT2D eigenvalue weighted by Gasteiger charge is -2.12. The van der Waals surface area contributed by atoms with Crippen molar-refractivity contribution >= 4 is 11.3 Å². The van der Waals surface area contributed by atoms with Gasteiger partial charge in [-0.25, -0.2) is 4.98 Å². The van der Waals surface area contributed by atoms with Gasteiger partial charge >= 0.3 is 0 Å². The summed E-state index contributed by atoms with van der Waals surface area (Å²) < 4.78 is 0. The SMILES string of the molecule is Cc1cnc(CNCC(C)CCCC(C)N)s1. The number of thiazole rings is 1. The van der Waals surface area contributed by atoms with E-state index in [0.29, 0.717) is 6.04 Å². The predicted molar refractivity (Wildman–Crippen MR) is 75.2 cm³/mol. The Morgan fingerprint density at radius 2 is 2.18 bits per heavy atom. The second-order valence-electron chi connectivity index (χ2n) is 5.01. The first-order valence-electron chi connectivity index (χ1n) is 6.45. The maximum atomic E-state index is 5.73. The largest absolute Gasteiger partial charge is 0.328 e. The highest BCUT2D eigenvalue weighted by Gasteiger charge is 2.04. The van der Waals surface area contributed by atoms with Gasteiger partial charge in [-0.05, 0) is 39.2 Å². The third kappa shape index (κ3) is 6.76. The van der Waals surface area contributed by atoms with Gasteiger partial charge in [0.1, 0.15) is 5.01 Å². The molecule has 98 valence electrons. The first-order valence-corrected chi connectivity index (χ1v) is 7.27. The quantitative estimate of drug-likeness (QED) is 0.751. The third-order valence-electron chi connectivity index (χ3n) is 2.79. The Kier molecular flexibility index (Phi) is 6.70. The van der Waals surface area contributed by atoms with Gasteiger partial charge in [0.05, 0.1) is 0 Å². The minimum absolute atomic E-state index is 0.341. The van der Waals surface area contributed by atoms with Gasteiger partial charge in [-0.3, -0.25) is 0 Å². The first kappa shape index (κ1) is 14.6. The van der Waals surface area contributed by atoms with Gasteiger partial charge in [-0.1, -0.05) is 13.3 Å². The average molecular weight is 255 g/mol. The molecule has 0 amide bonds. The van der Waals surface area contributed by atoms with Gasteiger partial charge in [0.2, 0.25) is 0 Å². The molecule has 0 aliphatic rings. The molecule has 0 aliphatic heterocycles. The van der Waals surface area contributed by atoms with Crippen molar-refractivity contribution in [1.82, 2.24) is 10.3 Å². The van der Waals surface area contributed by atoms with Gasteiger partial charge in [-0.15, -0.1) is 11.3 Å². The van der Waals surface area contributed by atoms with E-state index in [9.17, 15) is 0 Å². The number of rotatable bonds is 8. The Hall–Kier alpha value is -0.450.